The van der Waals surface area contributed by atoms with E-state index >= 15 is 0 Å². The molecule has 1 aliphatic heterocycles. The summed E-state index contributed by atoms with van der Waals surface area (Å²) >= 11 is 0. The van der Waals surface area contributed by atoms with Crippen LogP contribution in [0.15, 0.2) is 17.2 Å². The number of nitrogens with zero attached hydrogens (tertiary/aromatic N) is 2. The van der Waals surface area contributed by atoms with Gasteiger partial charge in [0.1, 0.15) is 0 Å². The van der Waals surface area contributed by atoms with Gasteiger partial charge in [0.2, 0.25) is 0 Å². The maximum atomic E-state index is 12.2. The predicted octanol–water partition coefficient (Wildman–Crippen LogP) is 0.746. The second-order valence-electron chi connectivity index (χ2n) is 5.78. The Balaban J connectivity index is 2.02. The van der Waals surface area contributed by atoms with Crippen molar-refractivity contribution in [2.75, 3.05) is 23.4 Å². The van der Waals surface area contributed by atoms with Crippen LogP contribution in [-0.4, -0.2) is 36.0 Å². The van der Waals surface area contributed by atoms with Gasteiger partial charge in [0.25, 0.3) is 5.56 Å². The van der Waals surface area contributed by atoms with Crippen LogP contribution in [0.2, 0.25) is 0 Å². The molecule has 0 amide bonds. The van der Waals surface area contributed by atoms with Crippen molar-refractivity contribution in [3.8, 4) is 0 Å². The van der Waals surface area contributed by atoms with Gasteiger partial charge < -0.3 is 9.88 Å². The maximum absolute atomic E-state index is 12.2. The van der Waals surface area contributed by atoms with E-state index in [1.807, 2.05) is 13.8 Å². The van der Waals surface area contributed by atoms with Crippen LogP contribution in [0.4, 0.5) is 5.82 Å². The number of nitrogens with one attached hydrogen (secondary N) is 1. The van der Waals surface area contributed by atoms with E-state index in [4.69, 9.17) is 0 Å². The third-order valence-electron chi connectivity index (χ3n) is 3.36. The van der Waals surface area contributed by atoms with Crippen LogP contribution in [0.1, 0.15) is 20.3 Å². The monoisotopic (exact) mass is 299 g/mol. The lowest BCUT2D eigenvalue weighted by molar-refractivity contribution is 0.509. The van der Waals surface area contributed by atoms with Crippen LogP contribution < -0.4 is 10.9 Å². The number of rotatable bonds is 5. The summed E-state index contributed by atoms with van der Waals surface area (Å²) in [5, 5.41) is 3.00. The van der Waals surface area contributed by atoms with Crippen molar-refractivity contribution >= 4 is 15.7 Å². The molecule has 20 heavy (non-hydrogen) atoms. The molecule has 112 valence electrons. The standard InChI is InChI=1S/C13H21N3O3S/c1-10(2)8-16-5-4-14-12(13(16)17)15-7-11-3-6-20(18,19)9-11/h4-5,10-11H,3,6-9H2,1-2H3,(H,14,15). The summed E-state index contributed by atoms with van der Waals surface area (Å²) in [6, 6.07) is 0. The van der Waals surface area contributed by atoms with Gasteiger partial charge >= 0.3 is 0 Å². The number of hydrogen-bond donors (Lipinski definition) is 1. The first-order valence-corrected chi connectivity index (χ1v) is 8.69. The van der Waals surface area contributed by atoms with Gasteiger partial charge in [-0.05, 0) is 18.3 Å². The molecule has 7 heteroatoms. The SMILES string of the molecule is CC(C)Cn1ccnc(NCC2CCS(=O)(=O)C2)c1=O. The molecule has 1 fully saturated rings. The van der Waals surface area contributed by atoms with E-state index in [1.165, 1.54) is 0 Å². The second-order valence-corrected chi connectivity index (χ2v) is 8.01. The predicted molar refractivity (Wildman–Crippen MR) is 78.6 cm³/mol. The second kappa shape index (κ2) is 5.95. The van der Waals surface area contributed by atoms with Crippen molar-refractivity contribution in [1.82, 2.24) is 9.55 Å². The van der Waals surface area contributed by atoms with Gasteiger partial charge in [-0.1, -0.05) is 13.8 Å². The molecule has 1 saturated heterocycles. The average molecular weight is 299 g/mol. The minimum absolute atomic E-state index is 0.0694. The number of hydrogen-bond acceptors (Lipinski definition) is 5. The van der Waals surface area contributed by atoms with Crippen molar-refractivity contribution in [3.05, 3.63) is 22.7 Å². The zero-order chi connectivity index (χ0) is 14.8. The molecule has 1 unspecified atom stereocenters. The van der Waals surface area contributed by atoms with Gasteiger partial charge in [0.15, 0.2) is 15.7 Å². The van der Waals surface area contributed by atoms with Crippen molar-refractivity contribution in [2.45, 2.75) is 26.8 Å². The van der Waals surface area contributed by atoms with Crippen molar-refractivity contribution in [3.63, 3.8) is 0 Å². The largest absolute Gasteiger partial charge is 0.365 e. The first kappa shape index (κ1) is 15.0. The molecule has 6 nitrogen and oxygen atoms in total. The molecule has 1 aromatic rings. The van der Waals surface area contributed by atoms with Gasteiger partial charge in [-0.2, -0.15) is 0 Å². The van der Waals surface area contributed by atoms with E-state index in [2.05, 4.69) is 10.3 Å². The third kappa shape index (κ3) is 3.82. The van der Waals surface area contributed by atoms with E-state index in [1.54, 1.807) is 17.0 Å². The van der Waals surface area contributed by atoms with Gasteiger partial charge in [0, 0.05) is 25.5 Å². The molecular weight excluding hydrogens is 278 g/mol. The molecular formula is C13H21N3O3S. The smallest absolute Gasteiger partial charge is 0.293 e. The van der Waals surface area contributed by atoms with Crippen LogP contribution in [0.5, 0.6) is 0 Å². The van der Waals surface area contributed by atoms with Crippen molar-refractivity contribution in [2.24, 2.45) is 11.8 Å². The zero-order valence-corrected chi connectivity index (χ0v) is 12.7. The lowest BCUT2D eigenvalue weighted by atomic mass is 10.1. The van der Waals surface area contributed by atoms with Crippen LogP contribution in [0, 0.1) is 11.8 Å². The summed E-state index contributed by atoms with van der Waals surface area (Å²) in [7, 11) is -2.88. The third-order valence-corrected chi connectivity index (χ3v) is 5.20. The molecule has 0 spiro atoms. The fraction of sp³-hybridized carbons (Fsp3) is 0.692. The Hall–Kier alpha value is -1.37. The Morgan fingerprint density at radius 1 is 1.50 bits per heavy atom. The molecule has 2 heterocycles. The molecule has 0 saturated carbocycles. The Morgan fingerprint density at radius 3 is 2.85 bits per heavy atom. The molecule has 0 radical (unpaired) electrons. The van der Waals surface area contributed by atoms with Gasteiger partial charge in [-0.15, -0.1) is 0 Å². The van der Waals surface area contributed by atoms with Gasteiger partial charge in [-0.25, -0.2) is 13.4 Å². The molecule has 1 aromatic heterocycles. The van der Waals surface area contributed by atoms with E-state index in [0.717, 1.165) is 0 Å². The summed E-state index contributed by atoms with van der Waals surface area (Å²) in [5.74, 6) is 1.20. The number of anilines is 1. The fourth-order valence-electron chi connectivity index (χ4n) is 2.38. The Bertz CT molecular complexity index is 622. The van der Waals surface area contributed by atoms with Crippen LogP contribution in [0.25, 0.3) is 0 Å². The summed E-state index contributed by atoms with van der Waals surface area (Å²) in [6.45, 7) is 5.22. The molecule has 0 bridgehead atoms. The van der Waals surface area contributed by atoms with E-state index < -0.39 is 9.84 Å². The summed E-state index contributed by atoms with van der Waals surface area (Å²) in [5.41, 5.74) is -0.151. The summed E-state index contributed by atoms with van der Waals surface area (Å²) in [4.78, 5) is 16.2. The lowest BCUT2D eigenvalue weighted by Crippen LogP contribution is -2.28. The van der Waals surface area contributed by atoms with E-state index in [9.17, 15) is 13.2 Å². The first-order chi connectivity index (χ1) is 9.37. The summed E-state index contributed by atoms with van der Waals surface area (Å²) in [6.07, 6.45) is 3.92. The molecule has 0 aliphatic carbocycles. The molecule has 0 aromatic carbocycles. The van der Waals surface area contributed by atoms with Crippen LogP contribution in [0.3, 0.4) is 0 Å². The molecule has 1 atom stereocenters. The van der Waals surface area contributed by atoms with E-state index in [0.29, 0.717) is 31.2 Å². The highest BCUT2D eigenvalue weighted by Gasteiger charge is 2.27. The molecule has 1 aliphatic rings. The van der Waals surface area contributed by atoms with Crippen molar-refractivity contribution < 1.29 is 8.42 Å². The van der Waals surface area contributed by atoms with Crippen molar-refractivity contribution in [1.29, 1.82) is 0 Å². The highest BCUT2D eigenvalue weighted by molar-refractivity contribution is 7.91. The van der Waals surface area contributed by atoms with E-state index in [-0.39, 0.29) is 23.0 Å². The minimum Gasteiger partial charge on any atom is -0.365 e. The average Bonchev–Trinajstić information content (AvgIpc) is 2.70. The Labute approximate surface area is 119 Å². The molecule has 2 rings (SSSR count). The molecule has 1 N–H and O–H groups in total. The number of sulfone groups is 1. The maximum Gasteiger partial charge on any atom is 0.293 e. The van der Waals surface area contributed by atoms with Crippen LogP contribution >= 0.6 is 0 Å². The zero-order valence-electron chi connectivity index (χ0n) is 11.9. The Kier molecular flexibility index (Phi) is 4.47. The first-order valence-electron chi connectivity index (χ1n) is 6.87. The summed E-state index contributed by atoms with van der Waals surface area (Å²) < 4.78 is 24.4. The van der Waals surface area contributed by atoms with Crippen LogP contribution in [-0.2, 0) is 16.4 Å². The fourth-order valence-corrected chi connectivity index (χ4v) is 4.24. The minimum atomic E-state index is -2.88. The Morgan fingerprint density at radius 2 is 2.25 bits per heavy atom. The van der Waals surface area contributed by atoms with Gasteiger partial charge in [-0.3, -0.25) is 4.79 Å². The highest BCUT2D eigenvalue weighted by atomic mass is 32.2. The quantitative estimate of drug-likeness (QED) is 0.867. The highest BCUT2D eigenvalue weighted by Crippen LogP contribution is 2.18. The lowest BCUT2D eigenvalue weighted by Gasteiger charge is -2.12. The van der Waals surface area contributed by atoms with Gasteiger partial charge in [0.05, 0.1) is 11.5 Å². The normalized spacial score (nSPS) is 21.2. The topological polar surface area (TPSA) is 81.1 Å². The number of aromatic nitrogens is 2.